The van der Waals surface area contributed by atoms with Crippen LogP contribution in [0.2, 0.25) is 0 Å². The highest BCUT2D eigenvalue weighted by atomic mass is 16.8. The molecule has 12 N–H and O–H groups in total. The zero-order valence-corrected chi connectivity index (χ0v) is 55.8. The number of hydrogen-bond donors (Lipinski definition) is 12. The summed E-state index contributed by atoms with van der Waals surface area (Å²) in [5.41, 5.74) is 0. The molecule has 0 bridgehead atoms. The summed E-state index contributed by atoms with van der Waals surface area (Å²) in [4.78, 5) is 13.4. The zero-order valence-electron chi connectivity index (χ0n) is 55.8. The van der Waals surface area contributed by atoms with Crippen LogP contribution in [0.25, 0.3) is 0 Å². The number of hydrogen-bond acceptors (Lipinski definition) is 18. The fourth-order valence-electron chi connectivity index (χ4n) is 11.7. The molecule has 91 heavy (non-hydrogen) atoms. The van der Waals surface area contributed by atoms with E-state index in [1.165, 1.54) is 122 Å². The fraction of sp³-hybridized carbons (Fsp3) is 0.819. The number of aliphatic hydroxyl groups excluding tert-OH is 11. The van der Waals surface area contributed by atoms with E-state index in [-0.39, 0.29) is 18.9 Å². The van der Waals surface area contributed by atoms with Gasteiger partial charge in [-0.1, -0.05) is 234 Å². The van der Waals surface area contributed by atoms with Gasteiger partial charge in [-0.2, -0.15) is 0 Å². The highest BCUT2D eigenvalue weighted by molar-refractivity contribution is 5.76. The average Bonchev–Trinajstić information content (AvgIpc) is 0.885. The molecule has 1 amide bonds. The Bertz CT molecular complexity index is 1930. The van der Waals surface area contributed by atoms with Crippen LogP contribution in [0.5, 0.6) is 0 Å². The Morgan fingerprint density at radius 3 is 1.23 bits per heavy atom. The minimum absolute atomic E-state index is 0.217. The molecule has 0 saturated carbocycles. The average molecular weight is 1290 g/mol. The highest BCUT2D eigenvalue weighted by Crippen LogP contribution is 2.33. The third-order valence-electron chi connectivity index (χ3n) is 17.5. The second kappa shape index (κ2) is 53.4. The van der Waals surface area contributed by atoms with Gasteiger partial charge in [0.25, 0.3) is 0 Å². The first-order valence-corrected chi connectivity index (χ1v) is 35.7. The molecule has 0 aromatic heterocycles. The van der Waals surface area contributed by atoms with E-state index in [1.54, 1.807) is 6.08 Å². The van der Waals surface area contributed by atoms with Gasteiger partial charge in [-0.25, -0.2) is 0 Å². The van der Waals surface area contributed by atoms with Crippen LogP contribution in [0.4, 0.5) is 0 Å². The summed E-state index contributed by atoms with van der Waals surface area (Å²) >= 11 is 0. The van der Waals surface area contributed by atoms with Crippen molar-refractivity contribution >= 4 is 5.91 Å². The van der Waals surface area contributed by atoms with Crippen LogP contribution in [-0.2, 0) is 33.2 Å². The number of allylic oxidation sites excluding steroid dienone is 11. The Morgan fingerprint density at radius 1 is 0.407 bits per heavy atom. The smallest absolute Gasteiger partial charge is 0.220 e. The van der Waals surface area contributed by atoms with Gasteiger partial charge in [-0.05, 0) is 77.0 Å². The molecular formula is C72H127NO18. The summed E-state index contributed by atoms with van der Waals surface area (Å²) in [7, 11) is 0. The van der Waals surface area contributed by atoms with Gasteiger partial charge in [-0.15, -0.1) is 0 Å². The number of unbranched alkanes of at least 4 members (excludes halogenated alkanes) is 28. The first-order valence-electron chi connectivity index (χ1n) is 35.7. The lowest BCUT2D eigenvalue weighted by atomic mass is 9.96. The molecule has 0 radical (unpaired) electrons. The SMILES string of the molecule is CC/C=C\C/C=C\C/C=C\CCCCCCCCCC(=O)NC(COC1OC(CO)C(OC2OC(CO)C(OC3OC(CO)C(O)C(O)C3O)C(O)C2O)C(O)C1O)C(O)/C=C/CC/C=C/CC/C=C/CCCCCCCCCCCCCCCCCCCCC. The van der Waals surface area contributed by atoms with Crippen molar-refractivity contribution in [2.75, 3.05) is 26.4 Å². The Hall–Kier alpha value is -2.77. The first kappa shape index (κ1) is 82.5. The Balaban J connectivity index is 1.44. The van der Waals surface area contributed by atoms with E-state index in [2.05, 4.69) is 79.9 Å². The third-order valence-corrected chi connectivity index (χ3v) is 17.5. The molecular weight excluding hydrogens is 1170 g/mol. The minimum atomic E-state index is -1.99. The summed E-state index contributed by atoms with van der Waals surface area (Å²) in [6.45, 7) is 1.59. The monoisotopic (exact) mass is 1290 g/mol. The summed E-state index contributed by atoms with van der Waals surface area (Å²) in [6, 6.07) is -1.01. The first-order chi connectivity index (χ1) is 44.3. The van der Waals surface area contributed by atoms with Crippen LogP contribution in [0.3, 0.4) is 0 Å². The van der Waals surface area contributed by atoms with Gasteiger partial charge < -0.3 is 89.9 Å². The molecule has 0 aromatic carbocycles. The van der Waals surface area contributed by atoms with E-state index in [0.717, 1.165) is 89.9 Å². The summed E-state index contributed by atoms with van der Waals surface area (Å²) in [5, 5.41) is 120. The molecule has 3 saturated heterocycles. The van der Waals surface area contributed by atoms with Gasteiger partial charge >= 0.3 is 0 Å². The molecule has 17 atom stereocenters. The maximum absolute atomic E-state index is 13.4. The quantitative estimate of drug-likeness (QED) is 0.0199. The van der Waals surface area contributed by atoms with Gasteiger partial charge in [0.2, 0.25) is 5.91 Å². The van der Waals surface area contributed by atoms with E-state index < -0.39 is 124 Å². The van der Waals surface area contributed by atoms with Crippen molar-refractivity contribution in [3.63, 3.8) is 0 Å². The number of rotatable bonds is 54. The second-order valence-corrected chi connectivity index (χ2v) is 25.3. The van der Waals surface area contributed by atoms with Gasteiger partial charge in [-0.3, -0.25) is 4.79 Å². The van der Waals surface area contributed by atoms with E-state index in [1.807, 2.05) is 6.08 Å². The predicted molar refractivity (Wildman–Crippen MR) is 355 cm³/mol. The molecule has 19 heteroatoms. The van der Waals surface area contributed by atoms with Crippen molar-refractivity contribution in [3.8, 4) is 0 Å². The molecule has 17 unspecified atom stereocenters. The molecule has 19 nitrogen and oxygen atoms in total. The van der Waals surface area contributed by atoms with Crippen molar-refractivity contribution in [2.24, 2.45) is 0 Å². The molecule has 528 valence electrons. The van der Waals surface area contributed by atoms with Crippen LogP contribution in [0.1, 0.15) is 245 Å². The summed E-state index contributed by atoms with van der Waals surface area (Å²) in [6.07, 6.45) is 40.4. The molecule has 0 aliphatic carbocycles. The van der Waals surface area contributed by atoms with E-state index in [9.17, 15) is 61.0 Å². The number of aliphatic hydroxyl groups is 11. The van der Waals surface area contributed by atoms with Crippen LogP contribution in [0, 0.1) is 0 Å². The largest absolute Gasteiger partial charge is 0.394 e. The number of carbonyl (C=O) groups excluding carboxylic acids is 1. The van der Waals surface area contributed by atoms with Crippen LogP contribution >= 0.6 is 0 Å². The summed E-state index contributed by atoms with van der Waals surface area (Å²) < 4.78 is 34.3. The lowest BCUT2D eigenvalue weighted by Gasteiger charge is -2.48. The Morgan fingerprint density at radius 2 is 0.769 bits per heavy atom. The Labute approximate surface area is 547 Å². The molecule has 3 aliphatic rings. The minimum Gasteiger partial charge on any atom is -0.394 e. The molecule has 3 aliphatic heterocycles. The fourth-order valence-corrected chi connectivity index (χ4v) is 11.7. The van der Waals surface area contributed by atoms with Gasteiger partial charge in [0.1, 0.15) is 73.2 Å². The van der Waals surface area contributed by atoms with Gasteiger partial charge in [0.15, 0.2) is 18.9 Å². The van der Waals surface area contributed by atoms with Crippen molar-refractivity contribution in [1.29, 1.82) is 0 Å². The maximum Gasteiger partial charge on any atom is 0.220 e. The highest BCUT2D eigenvalue weighted by Gasteiger charge is 2.53. The number of amides is 1. The standard InChI is InChI=1S/C72H127NO18/c1-3-5-7-9-11-13-15-17-19-21-22-23-24-25-26-27-28-29-30-31-32-34-35-37-39-41-43-45-47-49-56(77)55(73-60(78)50-48-46-44-42-40-38-36-33-20-18-16-14-12-10-8-6-4-2)54-86-70-66(84)63(81)68(58(52-75)88-70)91-72-67(85)64(82)69(59(53-76)89-72)90-71-65(83)62(80)61(79)57(51-74)87-71/h6,8,12,14,18,20,32,34,39,41,47,49,55-59,61-72,74-77,79-85H,3-5,7,9-11,13,15-17,19,21-31,33,35-38,40,42-46,48,50-54H2,1-2H3,(H,73,78)/b8-6-,14-12-,20-18-,34-32+,41-39+,49-47+. The lowest BCUT2D eigenvalue weighted by Crippen LogP contribution is -2.66. The van der Waals surface area contributed by atoms with Gasteiger partial charge in [0, 0.05) is 6.42 Å². The van der Waals surface area contributed by atoms with Crippen LogP contribution in [0.15, 0.2) is 72.9 Å². The molecule has 3 heterocycles. The zero-order chi connectivity index (χ0) is 66.1. The predicted octanol–water partition coefficient (Wildman–Crippen LogP) is 9.72. The lowest BCUT2D eigenvalue weighted by molar-refractivity contribution is -0.379. The second-order valence-electron chi connectivity index (χ2n) is 25.3. The van der Waals surface area contributed by atoms with E-state index >= 15 is 0 Å². The normalized spacial score (nSPS) is 28.3. The van der Waals surface area contributed by atoms with Crippen LogP contribution in [-0.4, -0.2) is 193 Å². The van der Waals surface area contributed by atoms with Crippen molar-refractivity contribution in [1.82, 2.24) is 5.32 Å². The van der Waals surface area contributed by atoms with Gasteiger partial charge in [0.05, 0.1) is 38.6 Å². The van der Waals surface area contributed by atoms with Crippen molar-refractivity contribution in [2.45, 2.75) is 349 Å². The molecule has 3 fully saturated rings. The van der Waals surface area contributed by atoms with Crippen LogP contribution < -0.4 is 5.32 Å². The van der Waals surface area contributed by atoms with Crippen molar-refractivity contribution in [3.05, 3.63) is 72.9 Å². The topological polar surface area (TPSA) is 307 Å². The van der Waals surface area contributed by atoms with E-state index in [0.29, 0.717) is 12.8 Å². The molecule has 3 rings (SSSR count). The number of carbonyl (C=O) groups is 1. The molecule has 0 spiro atoms. The van der Waals surface area contributed by atoms with Crippen molar-refractivity contribution < 1.29 is 89.4 Å². The Kier molecular flexibility index (Phi) is 48.4. The number of nitrogens with one attached hydrogen (secondary N) is 1. The maximum atomic E-state index is 13.4. The summed E-state index contributed by atoms with van der Waals surface area (Å²) in [5.74, 6) is -0.301. The van der Waals surface area contributed by atoms with E-state index in [4.69, 9.17) is 28.4 Å². The number of ether oxygens (including phenoxy) is 6. The molecule has 0 aromatic rings. The third kappa shape index (κ3) is 35.2.